The number of hydrogen-bond acceptors (Lipinski definition) is 2. The number of allylic oxidation sites excluding steroid dienone is 1. The summed E-state index contributed by atoms with van der Waals surface area (Å²) in [6.07, 6.45) is 14.7. The molecule has 0 heterocycles. The second kappa shape index (κ2) is 7.45. The molecule has 2 nitrogen and oxygen atoms in total. The van der Waals surface area contributed by atoms with Gasteiger partial charge in [0.15, 0.2) is 0 Å². The van der Waals surface area contributed by atoms with Crippen molar-refractivity contribution in [3.05, 3.63) is 12.2 Å². The normalized spacial score (nSPS) is 55.9. The molecule has 34 heavy (non-hydrogen) atoms. The van der Waals surface area contributed by atoms with Gasteiger partial charge in [-0.05, 0) is 128 Å². The van der Waals surface area contributed by atoms with E-state index in [9.17, 15) is 9.90 Å². The van der Waals surface area contributed by atoms with Crippen LogP contribution >= 0.6 is 0 Å². The Balaban J connectivity index is 1.53. The summed E-state index contributed by atoms with van der Waals surface area (Å²) in [5.41, 5.74) is 1.77. The van der Waals surface area contributed by atoms with Crippen LogP contribution in [0.25, 0.3) is 0 Å². The van der Waals surface area contributed by atoms with Gasteiger partial charge in [0.2, 0.25) is 6.29 Å². The summed E-state index contributed by atoms with van der Waals surface area (Å²) >= 11 is 0. The molecule has 2 heteroatoms. The Kier molecular flexibility index (Phi) is 5.49. The van der Waals surface area contributed by atoms with E-state index in [1.807, 2.05) is 0 Å². The third kappa shape index (κ3) is 2.87. The van der Waals surface area contributed by atoms with Gasteiger partial charge in [0.05, 0.1) is 5.60 Å². The summed E-state index contributed by atoms with van der Waals surface area (Å²) in [5, 5.41) is 11.6. The van der Waals surface area contributed by atoms with Gasteiger partial charge in [-0.1, -0.05) is 53.7 Å². The van der Waals surface area contributed by atoms with Gasteiger partial charge in [-0.25, -0.2) is 0 Å². The van der Waals surface area contributed by atoms with E-state index in [1.54, 1.807) is 0 Å². The van der Waals surface area contributed by atoms with E-state index in [4.69, 9.17) is 0 Å². The second-order valence-electron chi connectivity index (χ2n) is 15.4. The lowest BCUT2D eigenvalue weighted by atomic mass is 9.31. The van der Waals surface area contributed by atoms with Crippen molar-refractivity contribution in [3.63, 3.8) is 0 Å². The largest absolute Gasteiger partial charge is 0.389 e. The first-order chi connectivity index (χ1) is 15.7. The zero-order valence-electron chi connectivity index (χ0n) is 23.2. The summed E-state index contributed by atoms with van der Waals surface area (Å²) in [4.78, 5) is 11.4. The fourth-order valence-corrected chi connectivity index (χ4v) is 12.0. The highest BCUT2D eigenvalue weighted by molar-refractivity contribution is 5.53. The van der Waals surface area contributed by atoms with E-state index in [2.05, 4.69) is 61.3 Å². The highest BCUT2D eigenvalue weighted by Gasteiger charge is 2.71. The summed E-state index contributed by atoms with van der Waals surface area (Å²) in [5.74, 6) is 3.51. The first kappa shape index (κ1) is 25.0. The van der Waals surface area contributed by atoms with Crippen LogP contribution in [0.4, 0.5) is 0 Å². The van der Waals surface area contributed by atoms with Gasteiger partial charge in [0.1, 0.15) is 0 Å². The maximum Gasteiger partial charge on any atom is 0.201 e. The molecule has 1 N–H and O–H groups in total. The molecule has 0 aromatic heterocycles. The molecule has 0 aromatic rings. The van der Waals surface area contributed by atoms with Crippen LogP contribution in [0.3, 0.4) is 0 Å². The average molecular weight is 468 g/mol. The van der Waals surface area contributed by atoms with Gasteiger partial charge in [-0.2, -0.15) is 0 Å². The van der Waals surface area contributed by atoms with Crippen LogP contribution in [0.2, 0.25) is 0 Å². The zero-order chi connectivity index (χ0) is 24.9. The molecule has 0 amide bonds. The fourth-order valence-electron chi connectivity index (χ4n) is 12.0. The first-order valence-corrected chi connectivity index (χ1v) is 14.4. The topological polar surface area (TPSA) is 37.3 Å². The molecule has 5 fully saturated rings. The van der Waals surface area contributed by atoms with Crippen LogP contribution in [-0.2, 0) is 4.79 Å². The lowest BCUT2D eigenvalue weighted by molar-refractivity contribution is -0.263. The Hall–Kier alpha value is -0.630. The van der Waals surface area contributed by atoms with Crippen LogP contribution in [0, 0.1) is 56.7 Å². The van der Waals surface area contributed by atoms with Crippen molar-refractivity contribution in [2.24, 2.45) is 56.7 Å². The SMILES string of the molecule is C=C(C)[C@@H]1CC[C@]2(C)CC[C@]3(C)[C@H](CC[C@@H]4[C@@]5(C)CC[C@](O)(C[C]=O)C(C)(C)[C@@H]5CC[C@]43C)[C@@H]12. The summed E-state index contributed by atoms with van der Waals surface area (Å²) in [6.45, 7) is 21.9. The molecule has 0 aliphatic heterocycles. The van der Waals surface area contributed by atoms with Gasteiger partial charge in [0.25, 0.3) is 0 Å². The first-order valence-electron chi connectivity index (χ1n) is 14.4. The number of aliphatic hydroxyl groups is 1. The number of fused-ring (bicyclic) bond motifs is 7. The lowest BCUT2D eigenvalue weighted by Crippen LogP contribution is -2.68. The molecular formula is C32H51O2. The molecule has 0 aromatic carbocycles. The Morgan fingerprint density at radius 2 is 1.56 bits per heavy atom. The quantitative estimate of drug-likeness (QED) is 0.428. The van der Waals surface area contributed by atoms with Crippen LogP contribution in [0.15, 0.2) is 12.2 Å². The minimum Gasteiger partial charge on any atom is -0.389 e. The molecule has 5 aliphatic carbocycles. The molecule has 0 spiro atoms. The highest BCUT2D eigenvalue weighted by atomic mass is 16.3. The van der Waals surface area contributed by atoms with Crippen molar-refractivity contribution in [2.75, 3.05) is 0 Å². The number of rotatable bonds is 3. The van der Waals surface area contributed by atoms with E-state index in [1.165, 1.54) is 56.9 Å². The Labute approximate surface area is 209 Å². The molecule has 191 valence electrons. The zero-order valence-corrected chi connectivity index (χ0v) is 23.2. The fraction of sp³-hybridized carbons (Fsp3) is 0.906. The maximum atomic E-state index is 11.6. The van der Waals surface area contributed by atoms with Gasteiger partial charge < -0.3 is 5.11 Å². The van der Waals surface area contributed by atoms with Crippen molar-refractivity contribution >= 4 is 6.29 Å². The van der Waals surface area contributed by atoms with Crippen molar-refractivity contribution < 1.29 is 9.90 Å². The van der Waals surface area contributed by atoms with Crippen LogP contribution in [0.5, 0.6) is 0 Å². The lowest BCUT2D eigenvalue weighted by Gasteiger charge is -2.73. The summed E-state index contributed by atoms with van der Waals surface area (Å²) in [7, 11) is 0. The van der Waals surface area contributed by atoms with Crippen molar-refractivity contribution in [3.8, 4) is 0 Å². The summed E-state index contributed by atoms with van der Waals surface area (Å²) in [6, 6.07) is 0. The maximum absolute atomic E-state index is 11.6. The molecule has 5 saturated carbocycles. The monoisotopic (exact) mass is 467 g/mol. The summed E-state index contributed by atoms with van der Waals surface area (Å²) < 4.78 is 0. The second-order valence-corrected chi connectivity index (χ2v) is 15.4. The van der Waals surface area contributed by atoms with E-state index in [-0.39, 0.29) is 17.3 Å². The van der Waals surface area contributed by atoms with Crippen LogP contribution in [-0.4, -0.2) is 17.0 Å². The molecule has 10 atom stereocenters. The Morgan fingerprint density at radius 1 is 0.853 bits per heavy atom. The van der Waals surface area contributed by atoms with Crippen LogP contribution < -0.4 is 0 Å². The highest BCUT2D eigenvalue weighted by Crippen LogP contribution is 2.78. The third-order valence-corrected chi connectivity index (χ3v) is 14.3. The molecule has 5 rings (SSSR count). The molecule has 5 aliphatic rings. The van der Waals surface area contributed by atoms with Crippen molar-refractivity contribution in [1.29, 1.82) is 0 Å². The minimum absolute atomic E-state index is 0.164. The Bertz CT molecular complexity index is 874. The van der Waals surface area contributed by atoms with Gasteiger partial charge in [0, 0.05) is 6.42 Å². The van der Waals surface area contributed by atoms with Crippen molar-refractivity contribution in [1.82, 2.24) is 0 Å². The predicted octanol–water partition coefficient (Wildman–Crippen LogP) is 7.89. The number of hydrogen-bond donors (Lipinski definition) is 1. The smallest absolute Gasteiger partial charge is 0.201 e. The standard InChI is InChI=1S/C32H51O2/c1-21(2)22-11-13-28(5)15-17-30(7)23(26(22)28)9-10-25-29(6)16-18-32(34,19-20-33)27(3,4)24(29)12-14-31(25,30)8/h22-26,34H,1,9-19H2,2-8H3/t22-,23+,24-,25+,26+,28+,29-,30+,31+,32-/m0/s1. The van der Waals surface area contributed by atoms with Gasteiger partial charge in [-0.15, -0.1) is 0 Å². The van der Waals surface area contributed by atoms with E-state index < -0.39 is 5.60 Å². The molecule has 0 saturated heterocycles. The predicted molar refractivity (Wildman–Crippen MR) is 140 cm³/mol. The van der Waals surface area contributed by atoms with E-state index in [0.717, 1.165) is 24.7 Å². The molecule has 0 unspecified atom stereocenters. The van der Waals surface area contributed by atoms with Gasteiger partial charge in [-0.3, -0.25) is 4.79 Å². The minimum atomic E-state index is -0.904. The molecular weight excluding hydrogens is 416 g/mol. The average Bonchev–Trinajstić information content (AvgIpc) is 3.10. The van der Waals surface area contributed by atoms with Gasteiger partial charge >= 0.3 is 0 Å². The third-order valence-electron chi connectivity index (χ3n) is 14.3. The molecule has 0 bridgehead atoms. The van der Waals surface area contributed by atoms with Crippen molar-refractivity contribution in [2.45, 2.75) is 125 Å². The Morgan fingerprint density at radius 3 is 2.21 bits per heavy atom. The number of carbonyl (C=O) groups excluding carboxylic acids is 1. The van der Waals surface area contributed by atoms with Crippen LogP contribution in [0.1, 0.15) is 119 Å². The van der Waals surface area contributed by atoms with E-state index in [0.29, 0.717) is 34.0 Å². The van der Waals surface area contributed by atoms with E-state index >= 15 is 0 Å². The molecule has 1 radical (unpaired) electrons.